The van der Waals surface area contributed by atoms with Crippen molar-refractivity contribution in [2.45, 2.75) is 13.3 Å². The van der Waals surface area contributed by atoms with E-state index in [-0.39, 0.29) is 5.91 Å². The third-order valence-corrected chi connectivity index (χ3v) is 4.57. The summed E-state index contributed by atoms with van der Waals surface area (Å²) >= 11 is 4.80. The first-order valence-corrected chi connectivity index (χ1v) is 8.87. The predicted octanol–water partition coefficient (Wildman–Crippen LogP) is 5.10. The number of amides is 1. The topological polar surface area (TPSA) is 51.2 Å². The average Bonchev–Trinajstić information content (AvgIpc) is 2.94. The summed E-state index contributed by atoms with van der Waals surface area (Å²) in [6, 6.07) is 13.0. The molecule has 118 valence electrons. The largest absolute Gasteiger partial charge is 0.494 e. The standard InChI is InChI=1S/C17H15BrN2O2S/c1-2-8-22-13-6-7-14-15(10-13)23-17(19-14)20-16(21)11-4-3-5-12(18)9-11/h3-7,9-10H,2,8H2,1H3,(H,19,20,21). The van der Waals surface area contributed by atoms with Crippen LogP contribution in [0.3, 0.4) is 0 Å². The molecule has 1 N–H and O–H groups in total. The molecule has 2 aromatic carbocycles. The molecule has 0 unspecified atom stereocenters. The quantitative estimate of drug-likeness (QED) is 0.658. The van der Waals surface area contributed by atoms with Crippen molar-refractivity contribution in [1.82, 2.24) is 4.98 Å². The lowest BCUT2D eigenvalue weighted by molar-refractivity contribution is 0.102. The fourth-order valence-corrected chi connectivity index (χ4v) is 3.36. The van der Waals surface area contributed by atoms with Crippen molar-refractivity contribution < 1.29 is 9.53 Å². The van der Waals surface area contributed by atoms with E-state index >= 15 is 0 Å². The molecule has 1 heterocycles. The van der Waals surface area contributed by atoms with Gasteiger partial charge in [-0.15, -0.1) is 0 Å². The molecule has 0 atom stereocenters. The van der Waals surface area contributed by atoms with Gasteiger partial charge in [-0.05, 0) is 42.8 Å². The number of fused-ring (bicyclic) bond motifs is 1. The van der Waals surface area contributed by atoms with Crippen LogP contribution in [0.25, 0.3) is 10.2 Å². The van der Waals surface area contributed by atoms with Gasteiger partial charge in [0.2, 0.25) is 0 Å². The van der Waals surface area contributed by atoms with Crippen LogP contribution in [0.2, 0.25) is 0 Å². The van der Waals surface area contributed by atoms with Gasteiger partial charge >= 0.3 is 0 Å². The van der Waals surface area contributed by atoms with E-state index < -0.39 is 0 Å². The third kappa shape index (κ3) is 3.89. The number of hydrogen-bond acceptors (Lipinski definition) is 4. The van der Waals surface area contributed by atoms with Crippen LogP contribution < -0.4 is 10.1 Å². The lowest BCUT2D eigenvalue weighted by Crippen LogP contribution is -2.11. The van der Waals surface area contributed by atoms with Gasteiger partial charge in [0.1, 0.15) is 5.75 Å². The lowest BCUT2D eigenvalue weighted by Gasteiger charge is -2.02. The molecular formula is C17H15BrN2O2S. The van der Waals surface area contributed by atoms with Crippen molar-refractivity contribution in [2.24, 2.45) is 0 Å². The second kappa shape index (κ2) is 7.10. The van der Waals surface area contributed by atoms with Gasteiger partial charge in [-0.1, -0.05) is 40.3 Å². The van der Waals surface area contributed by atoms with E-state index in [9.17, 15) is 4.79 Å². The second-order valence-electron chi connectivity index (χ2n) is 4.96. The van der Waals surface area contributed by atoms with Gasteiger partial charge in [-0.25, -0.2) is 4.98 Å². The van der Waals surface area contributed by atoms with Gasteiger partial charge in [0, 0.05) is 10.0 Å². The van der Waals surface area contributed by atoms with Gasteiger partial charge in [0.05, 0.1) is 16.8 Å². The number of carbonyl (C=O) groups excluding carboxylic acids is 1. The molecule has 0 spiro atoms. The van der Waals surface area contributed by atoms with E-state index in [1.54, 1.807) is 12.1 Å². The highest BCUT2D eigenvalue weighted by atomic mass is 79.9. The number of anilines is 1. The molecular weight excluding hydrogens is 376 g/mol. The highest BCUT2D eigenvalue weighted by molar-refractivity contribution is 9.10. The van der Waals surface area contributed by atoms with Crippen LogP contribution in [0.15, 0.2) is 46.9 Å². The number of aromatic nitrogens is 1. The molecule has 23 heavy (non-hydrogen) atoms. The van der Waals surface area contributed by atoms with Crippen molar-refractivity contribution in [2.75, 3.05) is 11.9 Å². The van der Waals surface area contributed by atoms with Crippen LogP contribution in [0.5, 0.6) is 5.75 Å². The summed E-state index contributed by atoms with van der Waals surface area (Å²) in [4.78, 5) is 16.7. The summed E-state index contributed by atoms with van der Waals surface area (Å²) in [6.07, 6.45) is 0.967. The lowest BCUT2D eigenvalue weighted by atomic mass is 10.2. The number of ether oxygens (including phenoxy) is 1. The molecule has 1 aromatic heterocycles. The van der Waals surface area contributed by atoms with Crippen LogP contribution in [-0.2, 0) is 0 Å². The van der Waals surface area contributed by atoms with Crippen LogP contribution in [-0.4, -0.2) is 17.5 Å². The molecule has 0 fully saturated rings. The van der Waals surface area contributed by atoms with Crippen LogP contribution in [0.4, 0.5) is 5.13 Å². The molecule has 0 bridgehead atoms. The number of rotatable bonds is 5. The number of thiazole rings is 1. The zero-order valence-corrected chi connectivity index (χ0v) is 14.9. The minimum absolute atomic E-state index is 0.173. The van der Waals surface area contributed by atoms with E-state index in [1.165, 1.54) is 11.3 Å². The van der Waals surface area contributed by atoms with E-state index in [1.807, 2.05) is 30.3 Å². The Balaban J connectivity index is 1.79. The summed E-state index contributed by atoms with van der Waals surface area (Å²) in [5.74, 6) is 0.653. The first-order chi connectivity index (χ1) is 11.2. The molecule has 3 rings (SSSR count). The van der Waals surface area contributed by atoms with Crippen molar-refractivity contribution in [1.29, 1.82) is 0 Å². The number of carbonyl (C=O) groups is 1. The monoisotopic (exact) mass is 390 g/mol. The van der Waals surface area contributed by atoms with Crippen molar-refractivity contribution in [3.63, 3.8) is 0 Å². The molecule has 0 aliphatic carbocycles. The maximum absolute atomic E-state index is 12.3. The first kappa shape index (κ1) is 16.0. The molecule has 3 aromatic rings. The Hall–Kier alpha value is -1.92. The summed E-state index contributed by atoms with van der Waals surface area (Å²) in [5.41, 5.74) is 1.44. The minimum atomic E-state index is -0.173. The summed E-state index contributed by atoms with van der Waals surface area (Å²) < 4.78 is 7.48. The number of nitrogens with one attached hydrogen (secondary N) is 1. The fraction of sp³-hybridized carbons (Fsp3) is 0.176. The van der Waals surface area contributed by atoms with Gasteiger partial charge in [-0.2, -0.15) is 0 Å². The number of hydrogen-bond donors (Lipinski definition) is 1. The Morgan fingerprint density at radius 3 is 2.96 bits per heavy atom. The Bertz CT molecular complexity index is 847. The van der Waals surface area contributed by atoms with Crippen LogP contribution in [0, 0.1) is 0 Å². The minimum Gasteiger partial charge on any atom is -0.494 e. The zero-order chi connectivity index (χ0) is 16.2. The third-order valence-electron chi connectivity index (χ3n) is 3.14. The highest BCUT2D eigenvalue weighted by Crippen LogP contribution is 2.29. The van der Waals surface area contributed by atoms with E-state index in [0.717, 1.165) is 26.9 Å². The van der Waals surface area contributed by atoms with Gasteiger partial charge < -0.3 is 4.74 Å². The second-order valence-corrected chi connectivity index (χ2v) is 6.91. The predicted molar refractivity (Wildman–Crippen MR) is 97.5 cm³/mol. The van der Waals surface area contributed by atoms with Crippen LogP contribution in [0.1, 0.15) is 23.7 Å². The number of benzene rings is 2. The molecule has 0 radical (unpaired) electrons. The van der Waals surface area contributed by atoms with Crippen molar-refractivity contribution in [3.05, 3.63) is 52.5 Å². The average molecular weight is 391 g/mol. The number of nitrogens with zero attached hydrogens (tertiary/aromatic N) is 1. The Labute approximate surface area is 146 Å². The van der Waals surface area contributed by atoms with Crippen LogP contribution >= 0.6 is 27.3 Å². The van der Waals surface area contributed by atoms with Gasteiger partial charge in [0.25, 0.3) is 5.91 Å². The molecule has 0 aliphatic rings. The Morgan fingerprint density at radius 1 is 1.30 bits per heavy atom. The van der Waals surface area contributed by atoms with Crippen molar-refractivity contribution >= 4 is 48.5 Å². The van der Waals surface area contributed by atoms with Gasteiger partial charge in [0.15, 0.2) is 5.13 Å². The molecule has 1 amide bonds. The van der Waals surface area contributed by atoms with E-state index in [4.69, 9.17) is 4.74 Å². The summed E-state index contributed by atoms with van der Waals surface area (Å²) in [5, 5.41) is 3.43. The van der Waals surface area contributed by atoms with E-state index in [2.05, 4.69) is 33.2 Å². The summed E-state index contributed by atoms with van der Waals surface area (Å²) in [6.45, 7) is 2.76. The van der Waals surface area contributed by atoms with Crippen molar-refractivity contribution in [3.8, 4) is 5.75 Å². The zero-order valence-electron chi connectivity index (χ0n) is 12.5. The molecule has 0 aliphatic heterocycles. The fourth-order valence-electron chi connectivity index (χ4n) is 2.07. The molecule has 0 saturated carbocycles. The van der Waals surface area contributed by atoms with E-state index in [0.29, 0.717) is 17.3 Å². The maximum atomic E-state index is 12.3. The number of halogens is 1. The molecule has 4 nitrogen and oxygen atoms in total. The highest BCUT2D eigenvalue weighted by Gasteiger charge is 2.10. The first-order valence-electron chi connectivity index (χ1n) is 7.26. The Morgan fingerprint density at radius 2 is 2.17 bits per heavy atom. The normalized spacial score (nSPS) is 10.7. The molecule has 6 heteroatoms. The smallest absolute Gasteiger partial charge is 0.257 e. The maximum Gasteiger partial charge on any atom is 0.257 e. The SMILES string of the molecule is CCCOc1ccc2nc(NC(=O)c3cccc(Br)c3)sc2c1. The summed E-state index contributed by atoms with van der Waals surface area (Å²) in [7, 11) is 0. The molecule has 0 saturated heterocycles. The van der Waals surface area contributed by atoms with Gasteiger partial charge in [-0.3, -0.25) is 10.1 Å². The Kier molecular flexibility index (Phi) is 4.93.